The van der Waals surface area contributed by atoms with Gasteiger partial charge in [0.25, 0.3) is 0 Å². The summed E-state index contributed by atoms with van der Waals surface area (Å²) in [6.07, 6.45) is 2.75. The van der Waals surface area contributed by atoms with Crippen molar-refractivity contribution >= 4 is 12.1 Å². The minimum atomic E-state index is -0.776. The summed E-state index contributed by atoms with van der Waals surface area (Å²) in [6, 6.07) is 0. The minimum Gasteiger partial charge on any atom is -0.481 e. The highest BCUT2D eigenvalue weighted by molar-refractivity contribution is 5.77. The van der Waals surface area contributed by atoms with Crippen LogP contribution in [0.3, 0.4) is 0 Å². The van der Waals surface area contributed by atoms with E-state index in [-0.39, 0.29) is 12.6 Å². The lowest BCUT2D eigenvalue weighted by atomic mass is 9.72. The summed E-state index contributed by atoms with van der Waals surface area (Å²) in [5.74, 6) is -0.357. The Morgan fingerprint density at radius 3 is 2.32 bits per heavy atom. The van der Waals surface area contributed by atoms with Crippen molar-refractivity contribution in [1.82, 2.24) is 4.90 Å². The molecular weight excluding hydrogens is 246 g/mol. The molecule has 1 N–H and O–H groups in total. The quantitative estimate of drug-likeness (QED) is 0.794. The van der Waals surface area contributed by atoms with Crippen molar-refractivity contribution in [3.63, 3.8) is 0 Å². The van der Waals surface area contributed by atoms with Gasteiger partial charge in [-0.25, -0.2) is 4.79 Å². The van der Waals surface area contributed by atoms with Gasteiger partial charge in [0.15, 0.2) is 0 Å². The molecule has 3 aliphatic rings. The van der Waals surface area contributed by atoms with E-state index in [9.17, 15) is 14.7 Å². The number of amides is 1. The zero-order valence-corrected chi connectivity index (χ0v) is 11.9. The van der Waals surface area contributed by atoms with Gasteiger partial charge in [0.1, 0.15) is 5.60 Å². The number of hydrogen-bond acceptors (Lipinski definition) is 3. The Morgan fingerprint density at radius 2 is 1.84 bits per heavy atom. The number of carbonyl (C=O) groups excluding carboxylic acids is 1. The largest absolute Gasteiger partial charge is 0.481 e. The molecule has 5 nitrogen and oxygen atoms in total. The molecule has 0 aromatic rings. The van der Waals surface area contributed by atoms with Crippen LogP contribution in [0.15, 0.2) is 0 Å². The normalized spacial score (nSPS) is 30.9. The first-order chi connectivity index (χ1) is 8.72. The number of carbonyl (C=O) groups is 2. The van der Waals surface area contributed by atoms with E-state index in [4.69, 9.17) is 4.74 Å². The fourth-order valence-corrected chi connectivity index (χ4v) is 3.06. The number of aliphatic carboxylic acids is 1. The summed E-state index contributed by atoms with van der Waals surface area (Å²) in [7, 11) is 0. The lowest BCUT2D eigenvalue weighted by molar-refractivity contribution is -0.151. The smallest absolute Gasteiger partial charge is 0.410 e. The molecule has 2 saturated heterocycles. The van der Waals surface area contributed by atoms with Crippen molar-refractivity contribution in [2.45, 2.75) is 52.1 Å². The third-order valence-electron chi connectivity index (χ3n) is 4.14. The molecule has 1 aliphatic carbocycles. The zero-order chi connectivity index (χ0) is 14.3. The molecule has 1 amide bonds. The summed E-state index contributed by atoms with van der Waals surface area (Å²) >= 11 is 0. The summed E-state index contributed by atoms with van der Waals surface area (Å²) in [4.78, 5) is 25.3. The summed E-state index contributed by atoms with van der Waals surface area (Å²) in [6.45, 7) is 6.39. The molecule has 3 fully saturated rings. The Bertz CT molecular complexity index is 377. The third kappa shape index (κ3) is 3.01. The van der Waals surface area contributed by atoms with E-state index >= 15 is 0 Å². The number of fused-ring (bicyclic) bond motifs is 4. The van der Waals surface area contributed by atoms with Crippen LogP contribution in [0, 0.1) is 11.3 Å². The van der Waals surface area contributed by atoms with Crippen molar-refractivity contribution in [1.29, 1.82) is 0 Å². The molecule has 0 unspecified atom stereocenters. The van der Waals surface area contributed by atoms with Crippen LogP contribution in [-0.4, -0.2) is 40.8 Å². The molecule has 0 aromatic heterocycles. The van der Waals surface area contributed by atoms with Crippen molar-refractivity contribution in [2.75, 3.05) is 13.1 Å². The summed E-state index contributed by atoms with van der Waals surface area (Å²) < 4.78 is 5.38. The number of carboxylic acids is 1. The van der Waals surface area contributed by atoms with E-state index in [1.165, 1.54) is 0 Å². The maximum absolute atomic E-state index is 12.2. The molecule has 19 heavy (non-hydrogen) atoms. The first kappa shape index (κ1) is 14.2. The monoisotopic (exact) mass is 269 g/mol. The maximum Gasteiger partial charge on any atom is 0.410 e. The highest BCUT2D eigenvalue weighted by Gasteiger charge is 2.48. The topological polar surface area (TPSA) is 66.8 Å². The Morgan fingerprint density at radius 1 is 1.26 bits per heavy atom. The molecule has 5 heteroatoms. The van der Waals surface area contributed by atoms with Gasteiger partial charge in [-0.1, -0.05) is 0 Å². The highest BCUT2D eigenvalue weighted by atomic mass is 16.6. The Kier molecular flexibility index (Phi) is 3.49. The molecule has 0 spiro atoms. The minimum absolute atomic E-state index is 0.285. The lowest BCUT2D eigenvalue weighted by Gasteiger charge is -2.33. The van der Waals surface area contributed by atoms with Gasteiger partial charge >= 0.3 is 12.1 Å². The molecule has 108 valence electrons. The van der Waals surface area contributed by atoms with Crippen molar-refractivity contribution < 1.29 is 19.4 Å². The molecule has 3 rings (SSSR count). The van der Waals surface area contributed by atoms with Crippen LogP contribution >= 0.6 is 0 Å². The van der Waals surface area contributed by atoms with Crippen LogP contribution in [0.5, 0.6) is 0 Å². The average molecular weight is 269 g/mol. The summed E-state index contributed by atoms with van der Waals surface area (Å²) in [5.41, 5.74) is -1.30. The molecule has 0 aromatic carbocycles. The van der Waals surface area contributed by atoms with E-state index in [2.05, 4.69) is 0 Å². The van der Waals surface area contributed by atoms with Gasteiger partial charge in [0, 0.05) is 13.1 Å². The van der Waals surface area contributed by atoms with Crippen LogP contribution in [0.25, 0.3) is 0 Å². The molecule has 2 heterocycles. The second-order valence-electron chi connectivity index (χ2n) is 6.89. The van der Waals surface area contributed by atoms with Crippen molar-refractivity contribution in [3.8, 4) is 0 Å². The van der Waals surface area contributed by atoms with Gasteiger partial charge in [-0.2, -0.15) is 0 Å². The Hall–Kier alpha value is -1.26. The van der Waals surface area contributed by atoms with Crippen LogP contribution in [0.1, 0.15) is 46.5 Å². The number of nitrogens with zero attached hydrogens (tertiary/aromatic N) is 1. The van der Waals surface area contributed by atoms with Crippen LogP contribution in [0.2, 0.25) is 0 Å². The number of ether oxygens (including phenoxy) is 1. The van der Waals surface area contributed by atoms with Crippen LogP contribution in [0.4, 0.5) is 4.79 Å². The van der Waals surface area contributed by atoms with Gasteiger partial charge in [-0.3, -0.25) is 4.79 Å². The van der Waals surface area contributed by atoms with Gasteiger partial charge in [-0.05, 0) is 52.4 Å². The van der Waals surface area contributed by atoms with Gasteiger partial charge in [-0.15, -0.1) is 0 Å². The molecule has 2 aliphatic heterocycles. The standard InChI is InChI=1S/C14H23NO4/c1-13(2,3)19-12(18)15-8-10-4-6-14(9-15,7-5-10)11(16)17/h10H,4-9H2,1-3H3,(H,16,17). The van der Waals surface area contributed by atoms with Crippen LogP contribution in [-0.2, 0) is 9.53 Å². The highest BCUT2D eigenvalue weighted by Crippen LogP contribution is 2.43. The zero-order valence-electron chi connectivity index (χ0n) is 11.9. The number of rotatable bonds is 1. The Labute approximate surface area is 113 Å². The lowest BCUT2D eigenvalue weighted by Crippen LogP contribution is -2.45. The third-order valence-corrected chi connectivity index (χ3v) is 4.14. The maximum atomic E-state index is 12.2. The second-order valence-corrected chi connectivity index (χ2v) is 6.89. The van der Waals surface area contributed by atoms with E-state index in [1.807, 2.05) is 20.8 Å². The SMILES string of the molecule is CC(C)(C)OC(=O)N1CC2CCC(C(=O)O)(CC2)C1. The Balaban J connectivity index is 2.14. The molecule has 0 atom stereocenters. The van der Waals surface area contributed by atoms with E-state index in [1.54, 1.807) is 4.90 Å². The predicted molar refractivity (Wildman–Crippen MR) is 69.8 cm³/mol. The van der Waals surface area contributed by atoms with Crippen LogP contribution < -0.4 is 0 Å². The predicted octanol–water partition coefficient (Wildman–Crippen LogP) is 2.50. The summed E-state index contributed by atoms with van der Waals surface area (Å²) in [5, 5.41) is 9.49. The molecule has 1 saturated carbocycles. The van der Waals surface area contributed by atoms with E-state index in [0.29, 0.717) is 25.3 Å². The van der Waals surface area contributed by atoms with Crippen molar-refractivity contribution in [2.24, 2.45) is 11.3 Å². The van der Waals surface area contributed by atoms with Gasteiger partial charge in [0.2, 0.25) is 0 Å². The molecule has 0 radical (unpaired) electrons. The second kappa shape index (κ2) is 4.69. The number of hydrogen-bond donors (Lipinski definition) is 1. The average Bonchev–Trinajstić information content (AvgIpc) is 2.57. The number of carboxylic acid groups (broad SMARTS) is 1. The fourth-order valence-electron chi connectivity index (χ4n) is 3.06. The molecular formula is C14H23NO4. The van der Waals surface area contributed by atoms with Gasteiger partial charge < -0.3 is 14.7 Å². The van der Waals surface area contributed by atoms with Gasteiger partial charge in [0.05, 0.1) is 5.41 Å². The molecule has 2 bridgehead atoms. The van der Waals surface area contributed by atoms with Crippen molar-refractivity contribution in [3.05, 3.63) is 0 Å². The first-order valence-corrected chi connectivity index (χ1v) is 6.93. The van der Waals surface area contributed by atoms with E-state index in [0.717, 1.165) is 12.8 Å². The fraction of sp³-hybridized carbons (Fsp3) is 0.857. The first-order valence-electron chi connectivity index (χ1n) is 6.93. The van der Waals surface area contributed by atoms with E-state index < -0.39 is 17.0 Å².